The lowest BCUT2D eigenvalue weighted by molar-refractivity contribution is 0.477. The Morgan fingerprint density at radius 2 is 0.983 bits per heavy atom. The number of rotatable bonds is 12. The number of aromatic nitrogens is 3. The average molecular weight is 904 g/mol. The third-order valence-electron chi connectivity index (χ3n) is 7.97. The van der Waals surface area contributed by atoms with Crippen molar-refractivity contribution in [3.05, 3.63) is 101 Å². The van der Waals surface area contributed by atoms with Gasteiger partial charge < -0.3 is 10.6 Å². The molecule has 21 nitrogen and oxygen atoms in total. The van der Waals surface area contributed by atoms with E-state index in [1.807, 2.05) is 0 Å². The van der Waals surface area contributed by atoms with Gasteiger partial charge in [0.2, 0.25) is 17.2 Å². The molecule has 6 rings (SSSR count). The van der Waals surface area contributed by atoms with Crippen LogP contribution in [0.5, 0.6) is 0 Å². The van der Waals surface area contributed by atoms with Gasteiger partial charge in [0.25, 0.3) is 40.5 Å². The highest BCUT2D eigenvalue weighted by atomic mass is 35.5. The quantitative estimate of drug-likeness (QED) is 0.0508. The van der Waals surface area contributed by atoms with Crippen LogP contribution in [0.2, 0.25) is 5.28 Å². The van der Waals surface area contributed by atoms with Gasteiger partial charge in [-0.15, -0.1) is 0 Å². The second-order valence-electron chi connectivity index (χ2n) is 12.3. The zero-order valence-corrected chi connectivity index (χ0v) is 33.8. The Hall–Kier alpha value is -5.90. The lowest BCUT2D eigenvalue weighted by atomic mass is 10.1. The van der Waals surface area contributed by atoms with E-state index in [1.54, 1.807) is 44.2 Å². The summed E-state index contributed by atoms with van der Waals surface area (Å²) in [6.07, 6.45) is 0. The molecule has 0 fully saturated rings. The maximum atomic E-state index is 12.0. The van der Waals surface area contributed by atoms with Crippen LogP contribution >= 0.6 is 11.6 Å². The minimum Gasteiger partial charge on any atom is -0.324 e. The first-order valence-electron chi connectivity index (χ1n) is 16.1. The Morgan fingerprint density at radius 1 is 0.508 bits per heavy atom. The maximum absolute atomic E-state index is 12.0. The summed E-state index contributed by atoms with van der Waals surface area (Å²) < 4.78 is 132. The topological polar surface area (TPSA) is 330 Å². The molecule has 1 aromatic heterocycles. The van der Waals surface area contributed by atoms with Crippen LogP contribution in [0.1, 0.15) is 11.1 Å². The molecule has 6 N–H and O–H groups in total. The van der Waals surface area contributed by atoms with Crippen molar-refractivity contribution in [2.45, 2.75) is 33.4 Å². The van der Waals surface area contributed by atoms with Crippen molar-refractivity contribution >= 4 is 109 Å². The van der Waals surface area contributed by atoms with Crippen LogP contribution in [0, 0.1) is 13.8 Å². The standard InChI is InChI=1S/C33H26ClN9O12S4/c1-17-9-20(5-7-28(17)42-40-22-4-3-19-11-24(56(44,45)46)16-30(27(19)14-22)59(53,54)55)35-32-37-31(34)38-33(39-32)36-21-6-8-29(18(2)10-21)43-41-23-12-25(57(47,48)49)15-26(13-23)58(50,51)52/h3-16H,1-2H3,(H,44,45,46)(H,47,48,49)(H,50,51,52)(H,53,54,55)(H2,35,36,37,38,39)/b42-40+,43-41+. The second kappa shape index (κ2) is 16.0. The van der Waals surface area contributed by atoms with Crippen molar-refractivity contribution in [2.24, 2.45) is 20.5 Å². The van der Waals surface area contributed by atoms with Crippen LogP contribution in [0.3, 0.4) is 0 Å². The molecule has 59 heavy (non-hydrogen) atoms. The van der Waals surface area contributed by atoms with E-state index in [0.29, 0.717) is 40.3 Å². The SMILES string of the molecule is Cc1cc(Nc2nc(Cl)nc(Nc3ccc(/N=N/c4ccc5cc(S(=O)(=O)O)cc(S(=O)(=O)O)c5c4)c(C)c3)n2)ccc1/N=N/c1cc(S(=O)(=O)O)cc(S(=O)(=O)O)c1. The van der Waals surface area contributed by atoms with Crippen LogP contribution in [-0.4, -0.2) is 66.8 Å². The molecular formula is C33H26ClN9O12S4. The van der Waals surface area contributed by atoms with E-state index in [4.69, 9.17) is 11.6 Å². The molecule has 0 unspecified atom stereocenters. The number of azo groups is 2. The Kier molecular flexibility index (Phi) is 11.6. The minimum atomic E-state index is -4.90. The molecule has 0 aliphatic rings. The third-order valence-corrected chi connectivity index (χ3v) is 11.5. The second-order valence-corrected chi connectivity index (χ2v) is 18.3. The molecule has 306 valence electrons. The highest BCUT2D eigenvalue weighted by Gasteiger charge is 2.21. The molecule has 5 aromatic carbocycles. The zero-order valence-electron chi connectivity index (χ0n) is 29.8. The zero-order chi connectivity index (χ0) is 43.1. The molecule has 6 aromatic rings. The van der Waals surface area contributed by atoms with Gasteiger partial charge in [-0.05, 0) is 121 Å². The molecule has 0 radical (unpaired) electrons. The third kappa shape index (κ3) is 10.6. The first-order chi connectivity index (χ1) is 27.4. The molecule has 1 heterocycles. The van der Waals surface area contributed by atoms with Crippen LogP contribution in [0.15, 0.2) is 125 Å². The van der Waals surface area contributed by atoms with Crippen LogP contribution in [-0.2, 0) is 40.5 Å². The Labute approximate surface area is 340 Å². The molecule has 0 saturated carbocycles. The van der Waals surface area contributed by atoms with Gasteiger partial charge in [-0.2, -0.15) is 69.1 Å². The fraction of sp³-hybridized carbons (Fsp3) is 0.0606. The smallest absolute Gasteiger partial charge is 0.295 e. The number of aryl methyl sites for hydroxylation is 2. The number of halogens is 1. The van der Waals surface area contributed by atoms with E-state index >= 15 is 0 Å². The molecular weight excluding hydrogens is 878 g/mol. The number of fused-ring (bicyclic) bond motifs is 1. The Balaban J connectivity index is 1.17. The van der Waals surface area contributed by atoms with Gasteiger partial charge in [0.15, 0.2) is 0 Å². The summed E-state index contributed by atoms with van der Waals surface area (Å²) in [4.78, 5) is 9.44. The number of anilines is 4. The number of nitrogens with one attached hydrogen (secondary N) is 2. The summed E-state index contributed by atoms with van der Waals surface area (Å²) in [5.41, 5.74) is 2.75. The van der Waals surface area contributed by atoms with Gasteiger partial charge >= 0.3 is 0 Å². The fourth-order valence-electron chi connectivity index (χ4n) is 5.26. The predicted octanol–water partition coefficient (Wildman–Crippen LogP) is 7.60. The highest BCUT2D eigenvalue weighted by Crippen LogP contribution is 2.33. The molecule has 0 atom stereocenters. The van der Waals surface area contributed by atoms with Gasteiger partial charge in [0, 0.05) is 16.8 Å². The first-order valence-corrected chi connectivity index (χ1v) is 22.2. The van der Waals surface area contributed by atoms with Crippen LogP contribution in [0.25, 0.3) is 10.8 Å². The van der Waals surface area contributed by atoms with Gasteiger partial charge in [-0.1, -0.05) is 6.07 Å². The monoisotopic (exact) mass is 903 g/mol. The van der Waals surface area contributed by atoms with Crippen LogP contribution in [0.4, 0.5) is 46.0 Å². The lowest BCUT2D eigenvalue weighted by Gasteiger charge is -2.10. The van der Waals surface area contributed by atoms with E-state index in [2.05, 4.69) is 46.0 Å². The fourth-order valence-corrected chi connectivity index (χ4v) is 7.93. The molecule has 0 bridgehead atoms. The summed E-state index contributed by atoms with van der Waals surface area (Å²) in [5, 5.41) is 22.1. The van der Waals surface area contributed by atoms with Gasteiger partial charge in [-0.25, -0.2) is 0 Å². The van der Waals surface area contributed by atoms with Crippen LogP contribution < -0.4 is 10.6 Å². The van der Waals surface area contributed by atoms with Gasteiger partial charge in [0.05, 0.1) is 37.4 Å². The summed E-state index contributed by atoms with van der Waals surface area (Å²) in [6, 6.07) is 17.7. The molecule has 26 heteroatoms. The molecule has 0 saturated heterocycles. The van der Waals surface area contributed by atoms with Crippen molar-refractivity contribution in [3.63, 3.8) is 0 Å². The molecule has 0 aliphatic heterocycles. The number of hydrogen-bond donors (Lipinski definition) is 6. The highest BCUT2D eigenvalue weighted by molar-refractivity contribution is 7.87. The van der Waals surface area contributed by atoms with Crippen molar-refractivity contribution < 1.29 is 51.9 Å². The van der Waals surface area contributed by atoms with Crippen molar-refractivity contribution in [3.8, 4) is 0 Å². The summed E-state index contributed by atoms with van der Waals surface area (Å²) >= 11 is 6.18. The average Bonchev–Trinajstić information content (AvgIpc) is 3.12. The summed E-state index contributed by atoms with van der Waals surface area (Å²) in [6.45, 7) is 3.40. The van der Waals surface area contributed by atoms with E-state index in [-0.39, 0.29) is 45.0 Å². The van der Waals surface area contributed by atoms with Crippen molar-refractivity contribution in [1.82, 2.24) is 15.0 Å². The lowest BCUT2D eigenvalue weighted by Crippen LogP contribution is -2.04. The van der Waals surface area contributed by atoms with E-state index < -0.39 is 60.1 Å². The molecule has 0 amide bonds. The Morgan fingerprint density at radius 3 is 1.44 bits per heavy atom. The summed E-state index contributed by atoms with van der Waals surface area (Å²) in [5.74, 6) is 0.104. The van der Waals surface area contributed by atoms with Gasteiger partial charge in [-0.3, -0.25) is 18.2 Å². The molecule has 0 spiro atoms. The largest absolute Gasteiger partial charge is 0.324 e. The predicted molar refractivity (Wildman–Crippen MR) is 212 cm³/mol. The number of benzene rings is 5. The minimum absolute atomic E-state index is 0.0462. The summed E-state index contributed by atoms with van der Waals surface area (Å²) in [7, 11) is -19.4. The number of nitrogens with zero attached hydrogens (tertiary/aromatic N) is 7. The van der Waals surface area contributed by atoms with Crippen molar-refractivity contribution in [2.75, 3.05) is 10.6 Å². The van der Waals surface area contributed by atoms with Crippen molar-refractivity contribution in [1.29, 1.82) is 0 Å². The Bertz CT molecular complexity index is 3170. The molecule has 0 aliphatic carbocycles. The normalized spacial score (nSPS) is 12.7. The van der Waals surface area contributed by atoms with E-state index in [9.17, 15) is 51.9 Å². The van der Waals surface area contributed by atoms with E-state index in [0.717, 1.165) is 18.2 Å². The van der Waals surface area contributed by atoms with Gasteiger partial charge in [0.1, 0.15) is 4.90 Å². The number of hydrogen-bond acceptors (Lipinski definition) is 17. The first kappa shape index (κ1) is 42.7. The maximum Gasteiger partial charge on any atom is 0.295 e. The van der Waals surface area contributed by atoms with E-state index in [1.165, 1.54) is 24.3 Å².